The molecule has 1 aliphatic rings. The molecule has 0 heterocycles. The number of nitrogens with one attached hydrogen (secondary N) is 4. The molecule has 5 N–H and O–H groups in total. The number of amides is 4. The maximum absolute atomic E-state index is 13.5. The molecule has 44 heavy (non-hydrogen) atoms. The van der Waals surface area contributed by atoms with Crippen LogP contribution < -0.4 is 21.3 Å². The van der Waals surface area contributed by atoms with E-state index in [2.05, 4.69) is 21.3 Å². The van der Waals surface area contributed by atoms with Gasteiger partial charge in [-0.25, -0.2) is 0 Å². The van der Waals surface area contributed by atoms with Crippen molar-refractivity contribution in [2.24, 2.45) is 17.8 Å². The third-order valence-electron chi connectivity index (χ3n) is 9.01. The van der Waals surface area contributed by atoms with E-state index < -0.39 is 24.2 Å². The van der Waals surface area contributed by atoms with E-state index in [0.717, 1.165) is 24.8 Å². The first-order valence-corrected chi connectivity index (χ1v) is 16.8. The zero-order valence-electron chi connectivity index (χ0n) is 27.9. The lowest BCUT2D eigenvalue weighted by molar-refractivity contribution is -0.130. The Hall–Kier alpha value is -2.94. The topological polar surface area (TPSA) is 137 Å². The van der Waals surface area contributed by atoms with Crippen LogP contribution in [0.3, 0.4) is 0 Å². The fourth-order valence-electron chi connectivity index (χ4n) is 6.22. The van der Waals surface area contributed by atoms with Crippen molar-refractivity contribution in [1.29, 1.82) is 0 Å². The maximum Gasteiger partial charge on any atom is 0.243 e. The second kappa shape index (κ2) is 19.4. The molecular weight excluding hydrogens is 556 g/mol. The smallest absolute Gasteiger partial charge is 0.243 e. The molecule has 0 saturated heterocycles. The minimum Gasteiger partial charge on any atom is -0.391 e. The van der Waals surface area contributed by atoms with Crippen LogP contribution in [0.2, 0.25) is 0 Å². The highest BCUT2D eigenvalue weighted by atomic mass is 16.3. The highest BCUT2D eigenvalue weighted by molar-refractivity contribution is 5.88. The predicted molar refractivity (Wildman–Crippen MR) is 175 cm³/mol. The summed E-state index contributed by atoms with van der Waals surface area (Å²) in [4.78, 5) is 50.7. The molecule has 1 fully saturated rings. The number of hydrogen-bond acceptors (Lipinski definition) is 5. The van der Waals surface area contributed by atoms with Crippen molar-refractivity contribution in [2.75, 3.05) is 0 Å². The van der Waals surface area contributed by atoms with Gasteiger partial charge in [0.15, 0.2) is 0 Å². The van der Waals surface area contributed by atoms with E-state index in [1.54, 1.807) is 0 Å². The van der Waals surface area contributed by atoms with Gasteiger partial charge < -0.3 is 26.4 Å². The van der Waals surface area contributed by atoms with Crippen LogP contribution in [0.15, 0.2) is 30.3 Å². The SMILES string of the molecule is CCC(C)C(NC(C)=O)C(=O)NC(CCCC1CCCCC1)C[C@H](O)C(Cc1ccccc1)NC(=O)C(NC(C)=O)C(C)C. The molecular formula is C35H58N4O5. The van der Waals surface area contributed by atoms with E-state index in [9.17, 15) is 24.3 Å². The lowest BCUT2D eigenvalue weighted by Gasteiger charge is -2.32. The summed E-state index contributed by atoms with van der Waals surface area (Å²) in [6, 6.07) is 7.27. The largest absolute Gasteiger partial charge is 0.391 e. The van der Waals surface area contributed by atoms with Gasteiger partial charge in [0.1, 0.15) is 12.1 Å². The zero-order chi connectivity index (χ0) is 32.6. The van der Waals surface area contributed by atoms with E-state index in [-0.39, 0.29) is 47.9 Å². The first kappa shape index (κ1) is 37.2. The van der Waals surface area contributed by atoms with Crippen molar-refractivity contribution in [2.45, 2.75) is 142 Å². The van der Waals surface area contributed by atoms with Crippen LogP contribution in [0.25, 0.3) is 0 Å². The first-order chi connectivity index (χ1) is 20.9. The molecule has 9 heteroatoms. The minimum atomic E-state index is -0.966. The number of aliphatic hydroxyl groups excluding tert-OH is 1. The molecule has 9 nitrogen and oxygen atoms in total. The number of carbonyl (C=O) groups is 4. The maximum atomic E-state index is 13.5. The molecule has 6 atom stereocenters. The summed E-state index contributed by atoms with van der Waals surface area (Å²) >= 11 is 0. The molecule has 1 aromatic rings. The van der Waals surface area contributed by atoms with Gasteiger partial charge in [-0.15, -0.1) is 0 Å². The molecule has 0 bridgehead atoms. The molecule has 5 unspecified atom stereocenters. The van der Waals surface area contributed by atoms with Gasteiger partial charge in [0, 0.05) is 19.9 Å². The Balaban J connectivity index is 2.27. The van der Waals surface area contributed by atoms with Gasteiger partial charge in [0.2, 0.25) is 23.6 Å². The molecule has 0 aliphatic heterocycles. The van der Waals surface area contributed by atoms with Gasteiger partial charge in [-0.2, -0.15) is 0 Å². The Kier molecular flexibility index (Phi) is 16.5. The van der Waals surface area contributed by atoms with Crippen LogP contribution in [0, 0.1) is 17.8 Å². The third kappa shape index (κ3) is 13.4. The fourth-order valence-corrected chi connectivity index (χ4v) is 6.22. The summed E-state index contributed by atoms with van der Waals surface area (Å²) in [6.45, 7) is 10.5. The Bertz CT molecular complexity index is 1030. The van der Waals surface area contributed by atoms with Crippen molar-refractivity contribution >= 4 is 23.6 Å². The number of rotatable bonds is 18. The van der Waals surface area contributed by atoms with E-state index >= 15 is 0 Å². The molecule has 1 saturated carbocycles. The van der Waals surface area contributed by atoms with E-state index in [1.807, 2.05) is 58.0 Å². The number of carbonyl (C=O) groups excluding carboxylic acids is 4. The normalized spacial score (nSPS) is 17.9. The highest BCUT2D eigenvalue weighted by Gasteiger charge is 2.32. The molecule has 0 radical (unpaired) electrons. The standard InChI is InChI=1S/C35H58N4O5/c1-7-24(4)33(37-26(6)41)35(44)38-29(20-14-19-27-15-10-8-11-16-27)22-31(42)30(21-28-17-12-9-13-18-28)39-34(43)32(23(2)3)36-25(5)40/h9,12-13,17-18,23-24,27,29-33,42H,7-8,10-11,14-16,19-22H2,1-6H3,(H,36,40)(H,37,41)(H,38,44)(H,39,43)/t24?,29?,30?,31-,32?,33?/m0/s1. The van der Waals surface area contributed by atoms with Crippen molar-refractivity contribution in [3.05, 3.63) is 35.9 Å². The van der Waals surface area contributed by atoms with Gasteiger partial charge in [-0.3, -0.25) is 19.2 Å². The van der Waals surface area contributed by atoms with Gasteiger partial charge in [-0.1, -0.05) is 109 Å². The van der Waals surface area contributed by atoms with Gasteiger partial charge in [-0.05, 0) is 42.6 Å². The number of benzene rings is 1. The Morgan fingerprint density at radius 2 is 1.43 bits per heavy atom. The van der Waals surface area contributed by atoms with Crippen LogP contribution in [-0.2, 0) is 25.6 Å². The third-order valence-corrected chi connectivity index (χ3v) is 9.01. The Labute approximate surface area is 265 Å². The molecule has 248 valence electrons. The monoisotopic (exact) mass is 614 g/mol. The Morgan fingerprint density at radius 3 is 2.00 bits per heavy atom. The predicted octanol–water partition coefficient (Wildman–Crippen LogP) is 4.41. The van der Waals surface area contributed by atoms with Crippen LogP contribution in [-0.4, -0.2) is 59.0 Å². The summed E-state index contributed by atoms with van der Waals surface area (Å²) in [5.74, 6) is -0.665. The van der Waals surface area contributed by atoms with Crippen LogP contribution in [0.5, 0.6) is 0 Å². The minimum absolute atomic E-state index is 0.0569. The molecule has 1 aliphatic carbocycles. The fraction of sp³-hybridized carbons (Fsp3) is 0.714. The Morgan fingerprint density at radius 1 is 0.841 bits per heavy atom. The number of hydrogen-bond donors (Lipinski definition) is 5. The van der Waals surface area contributed by atoms with Gasteiger partial charge >= 0.3 is 0 Å². The van der Waals surface area contributed by atoms with Crippen molar-refractivity contribution in [3.8, 4) is 0 Å². The van der Waals surface area contributed by atoms with Crippen LogP contribution in [0.4, 0.5) is 0 Å². The highest BCUT2D eigenvalue weighted by Crippen LogP contribution is 2.28. The van der Waals surface area contributed by atoms with E-state index in [1.165, 1.54) is 46.0 Å². The van der Waals surface area contributed by atoms with Gasteiger partial charge in [0.25, 0.3) is 0 Å². The summed E-state index contributed by atoms with van der Waals surface area (Å²) in [5.41, 5.74) is 0.956. The van der Waals surface area contributed by atoms with Crippen LogP contribution in [0.1, 0.15) is 111 Å². The quantitative estimate of drug-likeness (QED) is 0.167. The summed E-state index contributed by atoms with van der Waals surface area (Å²) < 4.78 is 0. The molecule has 1 aromatic carbocycles. The lowest BCUT2D eigenvalue weighted by Crippen LogP contribution is -2.56. The van der Waals surface area contributed by atoms with E-state index in [0.29, 0.717) is 18.8 Å². The van der Waals surface area contributed by atoms with Crippen molar-refractivity contribution < 1.29 is 24.3 Å². The molecule has 0 aromatic heterocycles. The summed E-state index contributed by atoms with van der Waals surface area (Å²) in [7, 11) is 0. The lowest BCUT2D eigenvalue weighted by atomic mass is 9.85. The zero-order valence-corrected chi connectivity index (χ0v) is 27.9. The van der Waals surface area contributed by atoms with Crippen molar-refractivity contribution in [3.63, 3.8) is 0 Å². The average molecular weight is 615 g/mol. The van der Waals surface area contributed by atoms with Crippen molar-refractivity contribution in [1.82, 2.24) is 21.3 Å². The second-order valence-corrected chi connectivity index (χ2v) is 13.2. The molecule has 2 rings (SSSR count). The molecule has 0 spiro atoms. The average Bonchev–Trinajstić information content (AvgIpc) is 2.98. The first-order valence-electron chi connectivity index (χ1n) is 16.8. The summed E-state index contributed by atoms with van der Waals surface area (Å²) in [5, 5.41) is 23.4. The summed E-state index contributed by atoms with van der Waals surface area (Å²) in [6.07, 6.45) is 9.43. The van der Waals surface area contributed by atoms with E-state index in [4.69, 9.17) is 0 Å². The van der Waals surface area contributed by atoms with Gasteiger partial charge in [0.05, 0.1) is 12.1 Å². The number of aliphatic hydroxyl groups is 1. The van der Waals surface area contributed by atoms with Crippen LogP contribution >= 0.6 is 0 Å². The second-order valence-electron chi connectivity index (χ2n) is 13.2. The molecule has 4 amide bonds.